The van der Waals surface area contributed by atoms with E-state index in [1.54, 1.807) is 0 Å². The Labute approximate surface area is 131 Å². The zero-order valence-electron chi connectivity index (χ0n) is 12.0. The third-order valence-electron chi connectivity index (χ3n) is 3.00. The summed E-state index contributed by atoms with van der Waals surface area (Å²) in [6.07, 6.45) is -9.94. The fourth-order valence-corrected chi connectivity index (χ4v) is 1.95. The number of alkyl halides is 6. The smallest absolute Gasteiger partial charge is 0.417 e. The normalized spacial score (nSPS) is 12.3. The highest BCUT2D eigenvalue weighted by atomic mass is 19.4. The zero-order chi connectivity index (χ0) is 18.1. The number of nitrogens with one attached hydrogen (secondary N) is 1. The molecule has 0 aliphatic rings. The van der Waals surface area contributed by atoms with Crippen LogP contribution in [0.1, 0.15) is 28.5 Å². The van der Waals surface area contributed by atoms with Crippen molar-refractivity contribution in [2.45, 2.75) is 19.3 Å². The molecule has 10 heteroatoms. The highest BCUT2D eigenvalue weighted by Crippen LogP contribution is 2.40. The molecule has 0 saturated carbocycles. The van der Waals surface area contributed by atoms with Gasteiger partial charge in [0.25, 0.3) is 0 Å². The molecule has 1 aromatic heterocycles. The maximum atomic E-state index is 13.1. The van der Waals surface area contributed by atoms with Gasteiger partial charge in [-0.15, -0.1) is 0 Å². The average Bonchev–Trinajstić information content (AvgIpc) is 2.94. The first kappa shape index (κ1) is 17.8. The minimum atomic E-state index is -5.03. The number of hydrogen-bond acceptors (Lipinski definition) is 3. The average molecular weight is 352 g/mol. The van der Waals surface area contributed by atoms with Gasteiger partial charge in [0.05, 0.1) is 23.4 Å². The molecule has 24 heavy (non-hydrogen) atoms. The first-order valence-corrected chi connectivity index (χ1v) is 6.55. The van der Waals surface area contributed by atoms with E-state index >= 15 is 0 Å². The summed E-state index contributed by atoms with van der Waals surface area (Å²) in [5.74, 6) is -0.836. The Hall–Kier alpha value is -2.52. The van der Waals surface area contributed by atoms with Crippen LogP contribution in [-0.4, -0.2) is 22.8 Å². The molecule has 0 aliphatic carbocycles. The van der Waals surface area contributed by atoms with E-state index in [9.17, 15) is 31.1 Å². The third-order valence-corrected chi connectivity index (χ3v) is 3.00. The lowest BCUT2D eigenvalue weighted by Gasteiger charge is -2.14. The Morgan fingerprint density at radius 2 is 1.79 bits per heavy atom. The van der Waals surface area contributed by atoms with Crippen LogP contribution in [-0.2, 0) is 17.1 Å². The molecular weight excluding hydrogens is 342 g/mol. The van der Waals surface area contributed by atoms with Crippen molar-refractivity contribution in [1.82, 2.24) is 10.2 Å². The zero-order valence-corrected chi connectivity index (χ0v) is 12.0. The van der Waals surface area contributed by atoms with Crippen LogP contribution in [0.2, 0.25) is 0 Å². The number of ether oxygens (including phenoxy) is 1. The van der Waals surface area contributed by atoms with Gasteiger partial charge in [0.1, 0.15) is 5.69 Å². The Morgan fingerprint density at radius 3 is 2.33 bits per heavy atom. The molecule has 0 amide bonds. The van der Waals surface area contributed by atoms with Crippen molar-refractivity contribution in [1.29, 1.82) is 0 Å². The molecule has 0 saturated heterocycles. The van der Waals surface area contributed by atoms with Crippen LogP contribution in [0.15, 0.2) is 24.3 Å². The molecule has 2 aromatic rings. The predicted octanol–water partition coefficient (Wildman–Crippen LogP) is 4.29. The Balaban J connectivity index is 2.52. The molecule has 0 fully saturated rings. The number of aromatic nitrogens is 2. The van der Waals surface area contributed by atoms with Crippen molar-refractivity contribution in [3.8, 4) is 11.3 Å². The van der Waals surface area contributed by atoms with Crippen LogP contribution >= 0.6 is 0 Å². The third kappa shape index (κ3) is 3.69. The van der Waals surface area contributed by atoms with E-state index in [4.69, 9.17) is 0 Å². The Kier molecular flexibility index (Phi) is 4.59. The molecule has 0 atom stereocenters. The summed E-state index contributed by atoms with van der Waals surface area (Å²) in [4.78, 5) is 11.5. The minimum Gasteiger partial charge on any atom is -0.461 e. The van der Waals surface area contributed by atoms with Gasteiger partial charge in [-0.25, -0.2) is 4.79 Å². The molecule has 0 radical (unpaired) electrons. The van der Waals surface area contributed by atoms with Crippen LogP contribution in [0.5, 0.6) is 0 Å². The van der Waals surface area contributed by atoms with Crippen molar-refractivity contribution in [2.75, 3.05) is 6.61 Å². The summed E-state index contributed by atoms with van der Waals surface area (Å²) in [7, 11) is 0. The van der Waals surface area contributed by atoms with E-state index in [1.165, 1.54) is 6.92 Å². The quantitative estimate of drug-likeness (QED) is 0.662. The molecule has 1 heterocycles. The fraction of sp³-hybridized carbons (Fsp3) is 0.286. The van der Waals surface area contributed by atoms with Crippen molar-refractivity contribution >= 4 is 5.97 Å². The lowest BCUT2D eigenvalue weighted by atomic mass is 10.0. The molecule has 0 spiro atoms. The second kappa shape index (κ2) is 6.17. The highest BCUT2D eigenvalue weighted by molar-refractivity contribution is 5.88. The molecule has 4 nitrogen and oxygen atoms in total. The van der Waals surface area contributed by atoms with E-state index in [0.717, 1.165) is 6.07 Å². The molecule has 1 aromatic carbocycles. The number of H-pyrrole nitrogens is 1. The summed E-state index contributed by atoms with van der Waals surface area (Å²) in [6, 6.07) is 2.17. The minimum absolute atomic E-state index is 0.00799. The van der Waals surface area contributed by atoms with Crippen LogP contribution in [0.3, 0.4) is 0 Å². The standard InChI is InChI=1S/C14H10F6N2O2/c1-2-24-12(23)11-6-10(21-22-11)8-4-3-7(13(15,16)17)5-9(8)14(18,19)20/h3-6H,2H2,1H3,(H,21,22). The van der Waals surface area contributed by atoms with Gasteiger partial charge >= 0.3 is 18.3 Å². The van der Waals surface area contributed by atoms with Gasteiger partial charge in [-0.05, 0) is 25.1 Å². The molecule has 0 aliphatic heterocycles. The number of carbonyl (C=O) groups excluding carboxylic acids is 1. The summed E-state index contributed by atoms with van der Waals surface area (Å²) < 4.78 is 81.8. The molecule has 0 bridgehead atoms. The van der Waals surface area contributed by atoms with E-state index in [1.807, 2.05) is 0 Å². The van der Waals surface area contributed by atoms with Gasteiger partial charge in [-0.1, -0.05) is 6.07 Å². The molecule has 2 rings (SSSR count). The molecule has 1 N–H and O–H groups in total. The summed E-state index contributed by atoms with van der Waals surface area (Å²) in [5.41, 5.74) is -4.04. The summed E-state index contributed by atoms with van der Waals surface area (Å²) in [5, 5.41) is 5.75. The van der Waals surface area contributed by atoms with Gasteiger partial charge in [0, 0.05) is 5.56 Å². The van der Waals surface area contributed by atoms with E-state index in [0.29, 0.717) is 12.1 Å². The van der Waals surface area contributed by atoms with E-state index < -0.39 is 35.0 Å². The van der Waals surface area contributed by atoms with Crippen LogP contribution in [0, 0.1) is 0 Å². The van der Waals surface area contributed by atoms with E-state index in [-0.39, 0.29) is 24.1 Å². The maximum absolute atomic E-state index is 13.1. The van der Waals surface area contributed by atoms with Crippen LogP contribution < -0.4 is 0 Å². The van der Waals surface area contributed by atoms with Gasteiger partial charge in [0.2, 0.25) is 0 Å². The van der Waals surface area contributed by atoms with Crippen molar-refractivity contribution in [3.05, 3.63) is 41.1 Å². The summed E-state index contributed by atoms with van der Waals surface area (Å²) >= 11 is 0. The fourth-order valence-electron chi connectivity index (χ4n) is 1.95. The highest BCUT2D eigenvalue weighted by Gasteiger charge is 2.38. The number of aromatic amines is 1. The largest absolute Gasteiger partial charge is 0.461 e. The molecule has 0 unspecified atom stereocenters. The van der Waals surface area contributed by atoms with Gasteiger partial charge in [0.15, 0.2) is 0 Å². The maximum Gasteiger partial charge on any atom is 0.417 e. The topological polar surface area (TPSA) is 55.0 Å². The van der Waals surface area contributed by atoms with Gasteiger partial charge in [-0.2, -0.15) is 31.4 Å². The Morgan fingerprint density at radius 1 is 1.12 bits per heavy atom. The van der Waals surface area contributed by atoms with Crippen molar-refractivity contribution < 1.29 is 35.9 Å². The number of hydrogen-bond donors (Lipinski definition) is 1. The van der Waals surface area contributed by atoms with Crippen molar-refractivity contribution in [2.24, 2.45) is 0 Å². The second-order valence-electron chi connectivity index (χ2n) is 4.64. The van der Waals surface area contributed by atoms with E-state index in [2.05, 4.69) is 14.9 Å². The summed E-state index contributed by atoms with van der Waals surface area (Å²) in [6.45, 7) is 1.58. The first-order valence-electron chi connectivity index (χ1n) is 6.55. The number of carbonyl (C=O) groups is 1. The lowest BCUT2D eigenvalue weighted by molar-refractivity contribution is -0.142. The van der Waals surface area contributed by atoms with Crippen LogP contribution in [0.4, 0.5) is 26.3 Å². The molecule has 130 valence electrons. The van der Waals surface area contributed by atoms with Gasteiger partial charge < -0.3 is 4.74 Å². The second-order valence-corrected chi connectivity index (χ2v) is 4.64. The number of esters is 1. The molecular formula is C14H10F6N2O2. The Bertz CT molecular complexity index is 748. The number of rotatable bonds is 3. The lowest BCUT2D eigenvalue weighted by Crippen LogP contribution is -2.12. The SMILES string of the molecule is CCOC(=O)c1cc(-c2ccc(C(F)(F)F)cc2C(F)(F)F)n[nH]1. The number of halogens is 6. The van der Waals surface area contributed by atoms with Crippen LogP contribution in [0.25, 0.3) is 11.3 Å². The monoisotopic (exact) mass is 352 g/mol. The first-order chi connectivity index (χ1) is 11.0. The predicted molar refractivity (Wildman–Crippen MR) is 70.0 cm³/mol. The number of benzene rings is 1. The van der Waals surface area contributed by atoms with Crippen molar-refractivity contribution in [3.63, 3.8) is 0 Å². The number of nitrogens with zero attached hydrogens (tertiary/aromatic N) is 1. The van der Waals surface area contributed by atoms with Gasteiger partial charge in [-0.3, -0.25) is 5.10 Å².